The molecule has 11 heavy (non-hydrogen) atoms. The fourth-order valence-corrected chi connectivity index (χ4v) is 0.990. The van der Waals surface area contributed by atoms with E-state index in [1.54, 1.807) is 13.1 Å². The van der Waals surface area contributed by atoms with Gasteiger partial charge in [-0.05, 0) is 24.1 Å². The zero-order valence-electron chi connectivity index (χ0n) is 6.82. The third-order valence-corrected chi connectivity index (χ3v) is 1.72. The third-order valence-electron chi connectivity index (χ3n) is 1.72. The van der Waals surface area contributed by atoms with E-state index in [0.29, 0.717) is 0 Å². The van der Waals surface area contributed by atoms with E-state index in [4.69, 9.17) is 0 Å². The monoisotopic (exact) mass is 153 g/mol. The van der Waals surface area contributed by atoms with Gasteiger partial charge in [0.15, 0.2) is 0 Å². The van der Waals surface area contributed by atoms with E-state index in [9.17, 15) is 4.39 Å². The quantitative estimate of drug-likeness (QED) is 0.688. The molecule has 0 aromatic heterocycles. The van der Waals surface area contributed by atoms with Crippen molar-refractivity contribution in [1.29, 1.82) is 0 Å². The number of hydrogen-bond donors (Lipinski definition) is 1. The molecule has 0 heterocycles. The average Bonchev–Trinajstić information content (AvgIpc) is 2.04. The van der Waals surface area contributed by atoms with Crippen LogP contribution in [0.15, 0.2) is 18.2 Å². The molecule has 0 fully saturated rings. The topological polar surface area (TPSA) is 12.0 Å². The van der Waals surface area contributed by atoms with E-state index in [0.717, 1.165) is 17.7 Å². The van der Waals surface area contributed by atoms with Crippen molar-refractivity contribution in [2.75, 3.05) is 12.4 Å². The molecular formula is C9H12FN. The lowest BCUT2D eigenvalue weighted by atomic mass is 10.1. The Hall–Kier alpha value is -1.05. The molecule has 1 rings (SSSR count). The van der Waals surface area contributed by atoms with Crippen LogP contribution in [-0.4, -0.2) is 7.05 Å². The molecule has 60 valence electrons. The number of halogens is 1. The Morgan fingerprint density at radius 1 is 1.45 bits per heavy atom. The molecule has 0 aliphatic carbocycles. The molecule has 0 bridgehead atoms. The predicted molar refractivity (Wildman–Crippen MR) is 45.3 cm³/mol. The van der Waals surface area contributed by atoms with Crippen LogP contribution in [0.2, 0.25) is 0 Å². The fraction of sp³-hybridized carbons (Fsp3) is 0.333. The minimum absolute atomic E-state index is 0.126. The van der Waals surface area contributed by atoms with Gasteiger partial charge in [0, 0.05) is 12.7 Å². The zero-order chi connectivity index (χ0) is 8.27. The van der Waals surface area contributed by atoms with Crippen molar-refractivity contribution < 1.29 is 4.39 Å². The van der Waals surface area contributed by atoms with Crippen LogP contribution >= 0.6 is 0 Å². The van der Waals surface area contributed by atoms with E-state index < -0.39 is 0 Å². The van der Waals surface area contributed by atoms with Gasteiger partial charge in [0.2, 0.25) is 0 Å². The van der Waals surface area contributed by atoms with Gasteiger partial charge in [0.25, 0.3) is 0 Å². The van der Waals surface area contributed by atoms with Crippen LogP contribution in [0.1, 0.15) is 12.5 Å². The summed E-state index contributed by atoms with van der Waals surface area (Å²) in [4.78, 5) is 0. The summed E-state index contributed by atoms with van der Waals surface area (Å²) in [5.74, 6) is -0.126. The summed E-state index contributed by atoms with van der Waals surface area (Å²) in [6, 6.07) is 5.20. The number of nitrogens with one attached hydrogen (secondary N) is 1. The Morgan fingerprint density at radius 2 is 2.18 bits per heavy atom. The Labute approximate surface area is 66.2 Å². The van der Waals surface area contributed by atoms with Gasteiger partial charge in [-0.3, -0.25) is 0 Å². The maximum Gasteiger partial charge on any atom is 0.128 e. The van der Waals surface area contributed by atoms with Crippen LogP contribution in [0.3, 0.4) is 0 Å². The average molecular weight is 153 g/mol. The van der Waals surface area contributed by atoms with Crippen molar-refractivity contribution in [3.05, 3.63) is 29.6 Å². The Morgan fingerprint density at radius 3 is 2.64 bits per heavy atom. The van der Waals surface area contributed by atoms with Crippen molar-refractivity contribution in [2.45, 2.75) is 13.3 Å². The van der Waals surface area contributed by atoms with E-state index >= 15 is 0 Å². The molecule has 1 aromatic carbocycles. The minimum atomic E-state index is -0.126. The highest BCUT2D eigenvalue weighted by Crippen LogP contribution is 2.13. The molecule has 1 nitrogen and oxygen atoms in total. The summed E-state index contributed by atoms with van der Waals surface area (Å²) in [6.07, 6.45) is 0.746. The van der Waals surface area contributed by atoms with Crippen molar-refractivity contribution in [3.63, 3.8) is 0 Å². The Kier molecular flexibility index (Phi) is 2.47. The molecule has 0 saturated heterocycles. The SMILES string of the molecule is CCc1ccc(NC)cc1F. The first-order chi connectivity index (χ1) is 5.27. The molecular weight excluding hydrogens is 141 g/mol. The molecule has 0 spiro atoms. The van der Waals surface area contributed by atoms with Gasteiger partial charge in [-0.2, -0.15) is 0 Å². The molecule has 0 unspecified atom stereocenters. The predicted octanol–water partition coefficient (Wildman–Crippen LogP) is 2.43. The van der Waals surface area contributed by atoms with E-state index in [1.165, 1.54) is 6.07 Å². The van der Waals surface area contributed by atoms with E-state index in [1.807, 2.05) is 13.0 Å². The van der Waals surface area contributed by atoms with Gasteiger partial charge < -0.3 is 5.32 Å². The van der Waals surface area contributed by atoms with Crippen molar-refractivity contribution >= 4 is 5.69 Å². The summed E-state index contributed by atoms with van der Waals surface area (Å²) in [5.41, 5.74) is 1.59. The zero-order valence-corrected chi connectivity index (χ0v) is 6.82. The second kappa shape index (κ2) is 3.37. The van der Waals surface area contributed by atoms with Gasteiger partial charge in [-0.15, -0.1) is 0 Å². The molecule has 2 heteroatoms. The first-order valence-electron chi connectivity index (χ1n) is 3.74. The molecule has 1 aromatic rings. The minimum Gasteiger partial charge on any atom is -0.388 e. The third kappa shape index (κ3) is 1.70. The first-order valence-corrected chi connectivity index (χ1v) is 3.74. The van der Waals surface area contributed by atoms with Crippen LogP contribution in [-0.2, 0) is 6.42 Å². The normalized spacial score (nSPS) is 9.73. The lowest BCUT2D eigenvalue weighted by Gasteiger charge is -2.02. The number of aryl methyl sites for hydroxylation is 1. The maximum atomic E-state index is 13.0. The number of anilines is 1. The second-order valence-electron chi connectivity index (χ2n) is 2.41. The van der Waals surface area contributed by atoms with Gasteiger partial charge in [-0.25, -0.2) is 4.39 Å². The summed E-state index contributed by atoms with van der Waals surface area (Å²) in [5, 5.41) is 2.88. The molecule has 0 radical (unpaired) electrons. The molecule has 0 amide bonds. The van der Waals surface area contributed by atoms with Gasteiger partial charge >= 0.3 is 0 Å². The number of rotatable bonds is 2. The number of benzene rings is 1. The summed E-state index contributed by atoms with van der Waals surface area (Å²) < 4.78 is 13.0. The molecule has 0 atom stereocenters. The second-order valence-corrected chi connectivity index (χ2v) is 2.41. The Balaban J connectivity index is 2.99. The largest absolute Gasteiger partial charge is 0.388 e. The first kappa shape index (κ1) is 8.05. The van der Waals surface area contributed by atoms with E-state index in [2.05, 4.69) is 5.32 Å². The van der Waals surface area contributed by atoms with Gasteiger partial charge in [-0.1, -0.05) is 13.0 Å². The summed E-state index contributed by atoms with van der Waals surface area (Å²) >= 11 is 0. The highest BCUT2D eigenvalue weighted by atomic mass is 19.1. The van der Waals surface area contributed by atoms with Crippen molar-refractivity contribution in [3.8, 4) is 0 Å². The van der Waals surface area contributed by atoms with Crippen molar-refractivity contribution in [1.82, 2.24) is 0 Å². The highest BCUT2D eigenvalue weighted by Gasteiger charge is 1.98. The van der Waals surface area contributed by atoms with Crippen LogP contribution in [0, 0.1) is 5.82 Å². The standard InChI is InChI=1S/C9H12FN/c1-3-7-4-5-8(11-2)6-9(7)10/h4-6,11H,3H2,1-2H3. The molecule has 0 aliphatic heterocycles. The summed E-state index contributed by atoms with van der Waals surface area (Å²) in [6.45, 7) is 1.94. The lowest BCUT2D eigenvalue weighted by Crippen LogP contribution is -1.92. The van der Waals surface area contributed by atoms with Crippen LogP contribution in [0.4, 0.5) is 10.1 Å². The summed E-state index contributed by atoms with van der Waals surface area (Å²) in [7, 11) is 1.78. The molecule has 0 aliphatic rings. The van der Waals surface area contributed by atoms with Gasteiger partial charge in [0.1, 0.15) is 5.82 Å². The van der Waals surface area contributed by atoms with Crippen LogP contribution < -0.4 is 5.32 Å². The maximum absolute atomic E-state index is 13.0. The fourth-order valence-electron chi connectivity index (χ4n) is 0.990. The molecule has 0 saturated carbocycles. The van der Waals surface area contributed by atoms with Gasteiger partial charge in [0.05, 0.1) is 0 Å². The smallest absolute Gasteiger partial charge is 0.128 e. The molecule has 1 N–H and O–H groups in total. The van der Waals surface area contributed by atoms with E-state index in [-0.39, 0.29) is 5.82 Å². The Bertz CT molecular complexity index is 245. The highest BCUT2D eigenvalue weighted by molar-refractivity contribution is 5.44. The number of hydrogen-bond acceptors (Lipinski definition) is 1. The van der Waals surface area contributed by atoms with Crippen LogP contribution in [0.25, 0.3) is 0 Å². The lowest BCUT2D eigenvalue weighted by molar-refractivity contribution is 0.613. The van der Waals surface area contributed by atoms with Crippen molar-refractivity contribution in [2.24, 2.45) is 0 Å². The van der Waals surface area contributed by atoms with Crippen LogP contribution in [0.5, 0.6) is 0 Å².